The molecule has 0 unspecified atom stereocenters. The molecule has 2 aromatic heterocycles. The summed E-state index contributed by atoms with van der Waals surface area (Å²) in [6, 6.07) is 7.74. The Morgan fingerprint density at radius 2 is 2.23 bits per heavy atom. The van der Waals surface area contributed by atoms with Crippen LogP contribution in [-0.2, 0) is 4.79 Å². The maximum atomic E-state index is 12.1. The van der Waals surface area contributed by atoms with E-state index < -0.39 is 0 Å². The van der Waals surface area contributed by atoms with Gasteiger partial charge in [0.05, 0.1) is 5.75 Å². The number of carbonyl (C=O) groups is 1. The zero-order valence-electron chi connectivity index (χ0n) is 11.7. The average molecular weight is 394 g/mol. The van der Waals surface area contributed by atoms with Crippen molar-refractivity contribution in [3.63, 3.8) is 0 Å². The van der Waals surface area contributed by atoms with Gasteiger partial charge in [0.15, 0.2) is 0 Å². The number of rotatable bonds is 4. The minimum absolute atomic E-state index is 0.0530. The Labute approximate surface area is 144 Å². The number of hydrogen-bond donors (Lipinski definition) is 1. The topological polar surface area (TPSA) is 54.9 Å². The number of benzene rings is 1. The fourth-order valence-corrected chi connectivity index (χ4v) is 3.84. The number of hydrogen-bond acceptors (Lipinski definition) is 5. The zero-order chi connectivity index (χ0) is 15.5. The van der Waals surface area contributed by atoms with E-state index in [2.05, 4.69) is 31.2 Å². The largest absolute Gasteiger partial charge is 0.325 e. The molecule has 1 aromatic carbocycles. The Morgan fingerprint density at radius 1 is 1.36 bits per heavy atom. The van der Waals surface area contributed by atoms with Crippen LogP contribution in [0.1, 0.15) is 5.56 Å². The highest BCUT2D eigenvalue weighted by molar-refractivity contribution is 9.10. The number of anilines is 1. The first-order valence-corrected chi connectivity index (χ1v) is 9.16. The summed E-state index contributed by atoms with van der Waals surface area (Å²) in [5.41, 5.74) is 1.92. The van der Waals surface area contributed by atoms with Gasteiger partial charge in [-0.05, 0) is 36.1 Å². The summed E-state index contributed by atoms with van der Waals surface area (Å²) in [6.07, 6.45) is 1.54. The molecule has 0 aliphatic rings. The lowest BCUT2D eigenvalue weighted by atomic mass is 10.2. The van der Waals surface area contributed by atoms with Gasteiger partial charge in [-0.1, -0.05) is 33.8 Å². The highest BCUT2D eigenvalue weighted by Crippen LogP contribution is 2.27. The van der Waals surface area contributed by atoms with Gasteiger partial charge in [-0.15, -0.1) is 11.3 Å². The average Bonchev–Trinajstić information content (AvgIpc) is 2.98. The Hall–Kier alpha value is -1.44. The molecule has 0 fully saturated rings. The number of carbonyl (C=O) groups excluding carboxylic acids is 1. The number of amides is 1. The maximum absolute atomic E-state index is 12.1. The molecule has 112 valence electrons. The Bertz CT molecular complexity index is 835. The fourth-order valence-electron chi connectivity index (χ4n) is 1.88. The lowest BCUT2D eigenvalue weighted by Crippen LogP contribution is -2.14. The SMILES string of the molecule is Cc1ccc(NC(=O)CSc2ncnc3sccc23)cc1Br. The Kier molecular flexibility index (Phi) is 4.75. The summed E-state index contributed by atoms with van der Waals surface area (Å²) in [5, 5.41) is 6.71. The second-order valence-corrected chi connectivity index (χ2v) is 7.33. The van der Waals surface area contributed by atoms with Crippen LogP contribution >= 0.6 is 39.0 Å². The van der Waals surface area contributed by atoms with Crippen LogP contribution in [-0.4, -0.2) is 21.6 Å². The maximum Gasteiger partial charge on any atom is 0.234 e. The third kappa shape index (κ3) is 3.48. The van der Waals surface area contributed by atoms with Crippen molar-refractivity contribution in [2.45, 2.75) is 11.9 Å². The van der Waals surface area contributed by atoms with Gasteiger partial charge in [-0.25, -0.2) is 9.97 Å². The van der Waals surface area contributed by atoms with E-state index in [1.165, 1.54) is 18.1 Å². The monoisotopic (exact) mass is 393 g/mol. The molecule has 4 nitrogen and oxygen atoms in total. The first kappa shape index (κ1) is 15.5. The second-order valence-electron chi connectivity index (χ2n) is 4.62. The van der Waals surface area contributed by atoms with Crippen LogP contribution in [0.3, 0.4) is 0 Å². The summed E-state index contributed by atoms with van der Waals surface area (Å²) in [5.74, 6) is 0.260. The fraction of sp³-hybridized carbons (Fsp3) is 0.133. The molecule has 2 heterocycles. The molecular weight excluding hydrogens is 382 g/mol. The van der Waals surface area contributed by atoms with E-state index in [9.17, 15) is 4.79 Å². The van der Waals surface area contributed by atoms with Crippen molar-refractivity contribution in [2.24, 2.45) is 0 Å². The summed E-state index contributed by atoms with van der Waals surface area (Å²) >= 11 is 6.45. The number of nitrogens with zero attached hydrogens (tertiary/aromatic N) is 2. The van der Waals surface area contributed by atoms with Crippen molar-refractivity contribution in [3.05, 3.63) is 46.0 Å². The minimum Gasteiger partial charge on any atom is -0.325 e. The highest BCUT2D eigenvalue weighted by atomic mass is 79.9. The van der Waals surface area contributed by atoms with E-state index in [0.717, 1.165) is 31.0 Å². The molecule has 0 bridgehead atoms. The summed E-state index contributed by atoms with van der Waals surface area (Å²) in [4.78, 5) is 21.5. The summed E-state index contributed by atoms with van der Waals surface area (Å²) < 4.78 is 0.980. The number of fused-ring (bicyclic) bond motifs is 1. The van der Waals surface area contributed by atoms with Gasteiger partial charge < -0.3 is 5.32 Å². The van der Waals surface area contributed by atoms with Crippen LogP contribution in [0.2, 0.25) is 0 Å². The number of aryl methyl sites for hydroxylation is 1. The number of halogens is 1. The third-order valence-corrected chi connectivity index (χ3v) is 5.70. The number of thiophene rings is 1. The smallest absolute Gasteiger partial charge is 0.234 e. The van der Waals surface area contributed by atoms with Gasteiger partial charge in [0.2, 0.25) is 5.91 Å². The van der Waals surface area contributed by atoms with E-state index >= 15 is 0 Å². The van der Waals surface area contributed by atoms with Gasteiger partial charge in [0, 0.05) is 15.5 Å². The van der Waals surface area contributed by atoms with Crippen molar-refractivity contribution in [1.82, 2.24) is 9.97 Å². The first-order valence-electron chi connectivity index (χ1n) is 6.50. The van der Waals surface area contributed by atoms with Gasteiger partial charge in [0.25, 0.3) is 0 Å². The molecule has 3 rings (SSSR count). The minimum atomic E-state index is -0.0530. The van der Waals surface area contributed by atoms with Gasteiger partial charge in [-0.3, -0.25) is 4.79 Å². The van der Waals surface area contributed by atoms with Gasteiger partial charge >= 0.3 is 0 Å². The molecule has 1 N–H and O–H groups in total. The molecule has 0 atom stereocenters. The lowest BCUT2D eigenvalue weighted by molar-refractivity contribution is -0.113. The molecule has 0 spiro atoms. The van der Waals surface area contributed by atoms with Crippen LogP contribution < -0.4 is 5.32 Å². The summed E-state index contributed by atoms with van der Waals surface area (Å²) in [7, 11) is 0. The molecule has 22 heavy (non-hydrogen) atoms. The van der Waals surface area contributed by atoms with E-state index in [1.807, 2.05) is 36.6 Å². The quantitative estimate of drug-likeness (QED) is 0.523. The molecule has 1 amide bonds. The van der Waals surface area contributed by atoms with Gasteiger partial charge in [0.1, 0.15) is 16.2 Å². The zero-order valence-corrected chi connectivity index (χ0v) is 14.9. The van der Waals surface area contributed by atoms with E-state index in [1.54, 1.807) is 11.3 Å². The second kappa shape index (κ2) is 6.76. The van der Waals surface area contributed by atoms with Crippen LogP contribution in [0.5, 0.6) is 0 Å². The Balaban J connectivity index is 1.65. The Morgan fingerprint density at radius 3 is 3.05 bits per heavy atom. The van der Waals surface area contributed by atoms with E-state index in [4.69, 9.17) is 0 Å². The number of thioether (sulfide) groups is 1. The third-order valence-electron chi connectivity index (χ3n) is 3.02. The standard InChI is InChI=1S/C15H12BrN3OS2/c1-9-2-3-10(6-12(9)16)19-13(20)7-22-15-11-4-5-21-14(11)17-8-18-15/h2-6,8H,7H2,1H3,(H,19,20). The van der Waals surface area contributed by atoms with Crippen molar-refractivity contribution >= 4 is 60.8 Å². The molecule has 0 aliphatic heterocycles. The van der Waals surface area contributed by atoms with Crippen molar-refractivity contribution in [1.29, 1.82) is 0 Å². The first-order chi connectivity index (χ1) is 10.6. The number of aromatic nitrogens is 2. The number of nitrogens with one attached hydrogen (secondary N) is 1. The van der Waals surface area contributed by atoms with Crippen LogP contribution in [0.4, 0.5) is 5.69 Å². The predicted octanol–water partition coefficient (Wildman–Crippen LogP) is 4.49. The van der Waals surface area contributed by atoms with Crippen LogP contribution in [0, 0.1) is 6.92 Å². The van der Waals surface area contributed by atoms with Crippen molar-refractivity contribution in [2.75, 3.05) is 11.1 Å². The van der Waals surface area contributed by atoms with Crippen LogP contribution in [0.25, 0.3) is 10.2 Å². The molecule has 0 radical (unpaired) electrons. The van der Waals surface area contributed by atoms with Gasteiger partial charge in [-0.2, -0.15) is 0 Å². The predicted molar refractivity (Wildman–Crippen MR) is 95.6 cm³/mol. The molecule has 0 saturated carbocycles. The highest BCUT2D eigenvalue weighted by Gasteiger charge is 2.09. The molecular formula is C15H12BrN3OS2. The van der Waals surface area contributed by atoms with Crippen molar-refractivity contribution < 1.29 is 4.79 Å². The lowest BCUT2D eigenvalue weighted by Gasteiger charge is -2.07. The van der Waals surface area contributed by atoms with Crippen LogP contribution in [0.15, 0.2) is 45.5 Å². The molecule has 0 saturated heterocycles. The normalized spacial score (nSPS) is 10.8. The molecule has 7 heteroatoms. The van der Waals surface area contributed by atoms with E-state index in [0.29, 0.717) is 5.75 Å². The van der Waals surface area contributed by atoms with E-state index in [-0.39, 0.29) is 5.91 Å². The molecule has 3 aromatic rings. The van der Waals surface area contributed by atoms with Crippen molar-refractivity contribution in [3.8, 4) is 0 Å². The summed E-state index contributed by atoms with van der Waals surface area (Å²) in [6.45, 7) is 2.01. The molecule has 0 aliphatic carbocycles.